The van der Waals surface area contributed by atoms with Gasteiger partial charge in [-0.1, -0.05) is 31.0 Å². The number of benzene rings is 1. The van der Waals surface area contributed by atoms with Crippen molar-refractivity contribution < 1.29 is 14.3 Å². The van der Waals surface area contributed by atoms with Crippen molar-refractivity contribution in [3.63, 3.8) is 0 Å². The third-order valence-corrected chi connectivity index (χ3v) is 3.90. The second-order valence-electron chi connectivity index (χ2n) is 4.29. The van der Waals surface area contributed by atoms with Crippen LogP contribution in [0.1, 0.15) is 32.3 Å². The molecule has 0 amide bonds. The van der Waals surface area contributed by atoms with Gasteiger partial charge in [-0.2, -0.15) is 0 Å². The van der Waals surface area contributed by atoms with E-state index in [9.17, 15) is 9.59 Å². The van der Waals surface area contributed by atoms with E-state index in [0.717, 1.165) is 11.3 Å². The highest BCUT2D eigenvalue weighted by molar-refractivity contribution is 8.00. The van der Waals surface area contributed by atoms with Crippen molar-refractivity contribution in [2.75, 3.05) is 6.61 Å². The Bertz CT molecular complexity index is 426. The topological polar surface area (TPSA) is 43.4 Å². The summed E-state index contributed by atoms with van der Waals surface area (Å²) in [5.74, 6) is -1.16. The van der Waals surface area contributed by atoms with Gasteiger partial charge in [0.1, 0.15) is 0 Å². The molecule has 1 aromatic rings. The van der Waals surface area contributed by atoms with E-state index in [-0.39, 0.29) is 11.9 Å². The van der Waals surface area contributed by atoms with Gasteiger partial charge in [-0.05, 0) is 32.4 Å². The van der Waals surface area contributed by atoms with Crippen molar-refractivity contribution >= 4 is 23.5 Å². The zero-order chi connectivity index (χ0) is 14.3. The molecule has 1 aromatic carbocycles. The first kappa shape index (κ1) is 15.8. The molecule has 1 unspecified atom stereocenters. The number of ether oxygens (including phenoxy) is 1. The maximum absolute atomic E-state index is 12.0. The summed E-state index contributed by atoms with van der Waals surface area (Å²) < 4.78 is 4.79. The molecule has 0 fully saturated rings. The van der Waals surface area contributed by atoms with Crippen LogP contribution < -0.4 is 0 Å². The van der Waals surface area contributed by atoms with Crippen LogP contribution in [0.3, 0.4) is 0 Å². The fourth-order valence-electron chi connectivity index (χ4n) is 1.62. The molecule has 0 radical (unpaired) electrons. The van der Waals surface area contributed by atoms with Gasteiger partial charge in [0.25, 0.3) is 5.78 Å². The molecule has 0 saturated carbocycles. The number of Topliss-reactive ketones (excluding diaryl/α,β-unsaturated/α-hetero) is 1. The number of carbonyl (C=O) groups excluding carboxylic acids is 2. The molecular weight excluding hydrogens is 260 g/mol. The van der Waals surface area contributed by atoms with Gasteiger partial charge in [0.15, 0.2) is 0 Å². The molecule has 19 heavy (non-hydrogen) atoms. The Hall–Kier alpha value is -1.29. The first-order valence-corrected chi connectivity index (χ1v) is 7.40. The van der Waals surface area contributed by atoms with Crippen LogP contribution >= 0.6 is 11.8 Å². The van der Waals surface area contributed by atoms with E-state index in [2.05, 4.69) is 0 Å². The van der Waals surface area contributed by atoms with Crippen LogP contribution in [0.2, 0.25) is 0 Å². The van der Waals surface area contributed by atoms with Gasteiger partial charge in [0, 0.05) is 4.90 Å². The van der Waals surface area contributed by atoms with E-state index in [1.54, 1.807) is 6.92 Å². The fraction of sp³-hybridized carbons (Fsp3) is 0.467. The summed E-state index contributed by atoms with van der Waals surface area (Å²) in [5, 5.41) is -0.355. The third-order valence-electron chi connectivity index (χ3n) is 2.62. The van der Waals surface area contributed by atoms with Crippen LogP contribution in [-0.2, 0) is 14.3 Å². The average Bonchev–Trinajstić information content (AvgIpc) is 2.40. The quantitative estimate of drug-likeness (QED) is 0.436. The number of thioether (sulfide) groups is 1. The van der Waals surface area contributed by atoms with E-state index in [0.29, 0.717) is 6.42 Å². The SMILES string of the molecule is CCCC(Sc1ccc(C)cc1)C(=O)C(=O)OCC. The molecule has 1 atom stereocenters. The molecule has 0 aliphatic rings. The van der Waals surface area contributed by atoms with Crippen molar-refractivity contribution in [1.82, 2.24) is 0 Å². The minimum Gasteiger partial charge on any atom is -0.460 e. The van der Waals surface area contributed by atoms with Crippen molar-refractivity contribution in [1.29, 1.82) is 0 Å². The lowest BCUT2D eigenvalue weighted by atomic mass is 10.2. The predicted octanol–water partition coefficient (Wildman–Crippen LogP) is 3.39. The number of hydrogen-bond donors (Lipinski definition) is 0. The van der Waals surface area contributed by atoms with E-state index in [1.807, 2.05) is 38.1 Å². The maximum Gasteiger partial charge on any atom is 0.375 e. The van der Waals surface area contributed by atoms with Crippen molar-refractivity contribution in [3.8, 4) is 0 Å². The zero-order valence-electron chi connectivity index (χ0n) is 11.6. The number of ketones is 1. The highest BCUT2D eigenvalue weighted by atomic mass is 32.2. The van der Waals surface area contributed by atoms with Crippen molar-refractivity contribution in [2.24, 2.45) is 0 Å². The van der Waals surface area contributed by atoms with Crippen molar-refractivity contribution in [3.05, 3.63) is 29.8 Å². The molecule has 4 heteroatoms. The lowest BCUT2D eigenvalue weighted by Gasteiger charge is -2.13. The molecule has 1 rings (SSSR count). The smallest absolute Gasteiger partial charge is 0.375 e. The van der Waals surface area contributed by atoms with Gasteiger partial charge in [-0.15, -0.1) is 11.8 Å². The lowest BCUT2D eigenvalue weighted by molar-refractivity contribution is -0.153. The fourth-order valence-corrected chi connectivity index (χ4v) is 2.80. The van der Waals surface area contributed by atoms with Crippen LogP contribution in [-0.4, -0.2) is 23.6 Å². The summed E-state index contributed by atoms with van der Waals surface area (Å²) in [6, 6.07) is 7.95. The molecule has 0 saturated heterocycles. The summed E-state index contributed by atoms with van der Waals surface area (Å²) in [4.78, 5) is 24.5. The van der Waals surface area contributed by atoms with Crippen LogP contribution in [0.15, 0.2) is 29.2 Å². The predicted molar refractivity (Wildman–Crippen MR) is 77.4 cm³/mol. The van der Waals surface area contributed by atoms with Crippen LogP contribution in [0.25, 0.3) is 0 Å². The Kier molecular flexibility index (Phi) is 6.64. The minimum absolute atomic E-state index is 0.235. The second kappa shape index (κ2) is 8.00. The van der Waals surface area contributed by atoms with Gasteiger partial charge >= 0.3 is 5.97 Å². The molecule has 0 heterocycles. The summed E-state index contributed by atoms with van der Waals surface area (Å²) in [6.45, 7) is 5.95. The Morgan fingerprint density at radius 3 is 2.37 bits per heavy atom. The maximum atomic E-state index is 12.0. The summed E-state index contributed by atoms with van der Waals surface area (Å²) in [5.41, 5.74) is 1.17. The van der Waals surface area contributed by atoms with Gasteiger partial charge < -0.3 is 4.74 Å². The van der Waals surface area contributed by atoms with Gasteiger partial charge in [-0.25, -0.2) is 4.79 Å². The van der Waals surface area contributed by atoms with E-state index < -0.39 is 11.8 Å². The molecule has 104 valence electrons. The number of rotatable bonds is 7. The van der Waals surface area contributed by atoms with Gasteiger partial charge in [0.05, 0.1) is 11.9 Å². The Balaban J connectivity index is 2.74. The molecular formula is C15H20O3S. The van der Waals surface area contributed by atoms with Gasteiger partial charge in [-0.3, -0.25) is 4.79 Å². The van der Waals surface area contributed by atoms with Gasteiger partial charge in [0.2, 0.25) is 0 Å². The lowest BCUT2D eigenvalue weighted by Crippen LogP contribution is -2.28. The Morgan fingerprint density at radius 1 is 1.21 bits per heavy atom. The van der Waals surface area contributed by atoms with Crippen LogP contribution in [0.5, 0.6) is 0 Å². The molecule has 0 N–H and O–H groups in total. The standard InChI is InChI=1S/C15H20O3S/c1-4-6-13(14(16)15(17)18-5-2)19-12-9-7-11(3)8-10-12/h7-10,13H,4-6H2,1-3H3. The van der Waals surface area contributed by atoms with Crippen molar-refractivity contribution in [2.45, 2.75) is 43.8 Å². The number of hydrogen-bond acceptors (Lipinski definition) is 4. The first-order chi connectivity index (χ1) is 9.08. The molecule has 0 aromatic heterocycles. The highest BCUT2D eigenvalue weighted by Gasteiger charge is 2.26. The molecule has 3 nitrogen and oxygen atoms in total. The number of esters is 1. The third kappa shape index (κ3) is 5.07. The summed E-state index contributed by atoms with van der Waals surface area (Å²) in [6.07, 6.45) is 1.53. The number of carbonyl (C=O) groups is 2. The Morgan fingerprint density at radius 2 is 1.84 bits per heavy atom. The highest BCUT2D eigenvalue weighted by Crippen LogP contribution is 2.27. The normalized spacial score (nSPS) is 11.9. The average molecular weight is 280 g/mol. The van der Waals surface area contributed by atoms with E-state index >= 15 is 0 Å². The zero-order valence-corrected chi connectivity index (χ0v) is 12.5. The Labute approximate surface area is 118 Å². The number of aryl methyl sites for hydroxylation is 1. The largest absolute Gasteiger partial charge is 0.460 e. The first-order valence-electron chi connectivity index (χ1n) is 6.52. The molecule has 0 bridgehead atoms. The summed E-state index contributed by atoms with van der Waals surface area (Å²) in [7, 11) is 0. The van der Waals surface area contributed by atoms with Crippen LogP contribution in [0.4, 0.5) is 0 Å². The van der Waals surface area contributed by atoms with E-state index in [1.165, 1.54) is 17.3 Å². The second-order valence-corrected chi connectivity index (χ2v) is 5.57. The monoisotopic (exact) mass is 280 g/mol. The molecule has 0 aliphatic heterocycles. The summed E-state index contributed by atoms with van der Waals surface area (Å²) >= 11 is 1.43. The van der Waals surface area contributed by atoms with Crippen LogP contribution in [0, 0.1) is 6.92 Å². The molecule has 0 spiro atoms. The minimum atomic E-state index is -0.722. The van der Waals surface area contributed by atoms with E-state index in [4.69, 9.17) is 4.74 Å². The molecule has 0 aliphatic carbocycles.